The van der Waals surface area contributed by atoms with Crippen LogP contribution in [0.1, 0.15) is 18.1 Å². The molecule has 0 amide bonds. The van der Waals surface area contributed by atoms with E-state index in [9.17, 15) is 4.21 Å². The maximum Gasteiger partial charge on any atom is 0.150 e. The van der Waals surface area contributed by atoms with E-state index in [0.717, 1.165) is 17.7 Å². The van der Waals surface area contributed by atoms with Crippen LogP contribution in [0.5, 0.6) is 0 Å². The van der Waals surface area contributed by atoms with E-state index in [1.165, 1.54) is 5.56 Å². The highest BCUT2D eigenvalue weighted by atomic mass is 32.2. The van der Waals surface area contributed by atoms with E-state index >= 15 is 0 Å². The molecule has 4 nitrogen and oxygen atoms in total. The van der Waals surface area contributed by atoms with Crippen LogP contribution in [0.25, 0.3) is 0 Å². The smallest absolute Gasteiger partial charge is 0.150 e. The van der Waals surface area contributed by atoms with E-state index in [0.29, 0.717) is 10.7 Å². The summed E-state index contributed by atoms with van der Waals surface area (Å²) in [5, 5.41) is 0. The second-order valence-corrected chi connectivity index (χ2v) is 5.48. The molecule has 1 atom stereocenters. The van der Waals surface area contributed by atoms with E-state index in [1.807, 2.05) is 31.2 Å². The molecular weight excluding hydrogens is 258 g/mol. The normalized spacial score (nSPS) is 12.1. The van der Waals surface area contributed by atoms with Gasteiger partial charge >= 0.3 is 0 Å². The number of nitrogens with one attached hydrogen (secondary N) is 1. The van der Waals surface area contributed by atoms with Crippen LogP contribution in [-0.4, -0.2) is 9.19 Å². The SMILES string of the molecule is CCc1ccc(NS(=O)c2cc(N)ncc2C)cc1. The Morgan fingerprint density at radius 3 is 2.63 bits per heavy atom. The summed E-state index contributed by atoms with van der Waals surface area (Å²) in [4.78, 5) is 4.63. The summed E-state index contributed by atoms with van der Waals surface area (Å²) in [6.45, 7) is 3.96. The van der Waals surface area contributed by atoms with Gasteiger partial charge in [0.1, 0.15) is 5.82 Å². The van der Waals surface area contributed by atoms with Crippen molar-refractivity contribution in [3.8, 4) is 0 Å². The zero-order valence-corrected chi connectivity index (χ0v) is 11.8. The lowest BCUT2D eigenvalue weighted by molar-refractivity contribution is 0.686. The molecule has 0 saturated heterocycles. The Morgan fingerprint density at radius 2 is 2.00 bits per heavy atom. The monoisotopic (exact) mass is 275 g/mol. The highest BCUT2D eigenvalue weighted by Gasteiger charge is 2.08. The Balaban J connectivity index is 2.18. The molecule has 0 fully saturated rings. The molecule has 0 saturated carbocycles. The van der Waals surface area contributed by atoms with Gasteiger partial charge in [-0.3, -0.25) is 0 Å². The van der Waals surface area contributed by atoms with Gasteiger partial charge in [0.25, 0.3) is 0 Å². The van der Waals surface area contributed by atoms with Gasteiger partial charge in [-0.2, -0.15) is 0 Å². The molecule has 1 aromatic heterocycles. The maximum absolute atomic E-state index is 12.3. The number of pyridine rings is 1. The maximum atomic E-state index is 12.3. The van der Waals surface area contributed by atoms with Crippen LogP contribution in [0.2, 0.25) is 0 Å². The molecule has 0 spiro atoms. The number of hydrogen-bond donors (Lipinski definition) is 2. The Labute approximate surface area is 115 Å². The summed E-state index contributed by atoms with van der Waals surface area (Å²) in [6, 6.07) is 9.53. The summed E-state index contributed by atoms with van der Waals surface area (Å²) in [7, 11) is -1.33. The molecular formula is C14H17N3OS. The first-order valence-corrected chi connectivity index (χ1v) is 7.24. The second-order valence-electron chi connectivity index (χ2n) is 4.30. The van der Waals surface area contributed by atoms with Crippen molar-refractivity contribution in [1.82, 2.24) is 4.98 Å². The molecule has 2 aromatic rings. The van der Waals surface area contributed by atoms with Crippen LogP contribution in [0.15, 0.2) is 41.4 Å². The molecule has 0 radical (unpaired) electrons. The van der Waals surface area contributed by atoms with Gasteiger partial charge in [-0.25, -0.2) is 9.19 Å². The Hall–Kier alpha value is -1.88. The molecule has 19 heavy (non-hydrogen) atoms. The zero-order valence-electron chi connectivity index (χ0n) is 11.0. The van der Waals surface area contributed by atoms with Gasteiger partial charge in [0.2, 0.25) is 0 Å². The van der Waals surface area contributed by atoms with Crippen molar-refractivity contribution < 1.29 is 4.21 Å². The fourth-order valence-electron chi connectivity index (χ4n) is 1.69. The number of nitrogen functional groups attached to an aromatic ring is 1. The molecule has 1 unspecified atom stereocenters. The Bertz CT molecular complexity index is 596. The molecule has 0 aliphatic carbocycles. The van der Waals surface area contributed by atoms with Crippen molar-refractivity contribution >= 4 is 22.5 Å². The Kier molecular flexibility index (Phi) is 4.16. The van der Waals surface area contributed by atoms with Gasteiger partial charge in [-0.15, -0.1) is 0 Å². The number of anilines is 2. The minimum absolute atomic E-state index is 0.372. The quantitative estimate of drug-likeness (QED) is 0.901. The average molecular weight is 275 g/mol. The number of aromatic nitrogens is 1. The zero-order chi connectivity index (χ0) is 13.8. The van der Waals surface area contributed by atoms with Gasteiger partial charge in [-0.05, 0) is 42.7 Å². The molecule has 0 aliphatic heterocycles. The first kappa shape index (κ1) is 13.5. The van der Waals surface area contributed by atoms with Crippen LogP contribution in [0, 0.1) is 6.92 Å². The minimum atomic E-state index is -1.33. The van der Waals surface area contributed by atoms with Crippen LogP contribution in [-0.2, 0) is 17.4 Å². The first-order chi connectivity index (χ1) is 9.10. The molecule has 1 aromatic carbocycles. The molecule has 0 aliphatic rings. The average Bonchev–Trinajstić information content (AvgIpc) is 2.42. The number of hydrogen-bond acceptors (Lipinski definition) is 3. The van der Waals surface area contributed by atoms with E-state index in [4.69, 9.17) is 5.73 Å². The van der Waals surface area contributed by atoms with Gasteiger partial charge in [0.15, 0.2) is 11.0 Å². The summed E-state index contributed by atoms with van der Waals surface area (Å²) >= 11 is 0. The molecule has 2 rings (SSSR count). The van der Waals surface area contributed by atoms with Crippen LogP contribution in [0.3, 0.4) is 0 Å². The van der Waals surface area contributed by atoms with Gasteiger partial charge < -0.3 is 10.5 Å². The van der Waals surface area contributed by atoms with E-state index < -0.39 is 11.0 Å². The molecule has 1 heterocycles. The van der Waals surface area contributed by atoms with Gasteiger partial charge in [-0.1, -0.05) is 19.1 Å². The largest absolute Gasteiger partial charge is 0.384 e. The summed E-state index contributed by atoms with van der Waals surface area (Å²) in [6.07, 6.45) is 2.62. The van der Waals surface area contributed by atoms with E-state index in [2.05, 4.69) is 16.6 Å². The van der Waals surface area contributed by atoms with Gasteiger partial charge in [0, 0.05) is 11.9 Å². The van der Waals surface area contributed by atoms with Crippen molar-refractivity contribution in [3.63, 3.8) is 0 Å². The second kappa shape index (κ2) is 5.84. The molecule has 0 bridgehead atoms. The van der Waals surface area contributed by atoms with Crippen LogP contribution in [0.4, 0.5) is 11.5 Å². The first-order valence-electron chi connectivity index (χ1n) is 6.09. The lowest BCUT2D eigenvalue weighted by Gasteiger charge is -2.09. The number of rotatable bonds is 4. The van der Waals surface area contributed by atoms with Gasteiger partial charge in [0.05, 0.1) is 4.90 Å². The third kappa shape index (κ3) is 3.32. The van der Waals surface area contributed by atoms with E-state index in [-0.39, 0.29) is 0 Å². The third-order valence-corrected chi connectivity index (χ3v) is 4.11. The standard InChI is InChI=1S/C14H17N3OS/c1-3-11-4-6-12(7-5-11)17-19(18)13-8-14(15)16-9-10(13)2/h4-9,17H,3H2,1-2H3,(H2,15,16). The van der Waals surface area contributed by atoms with Crippen LogP contribution >= 0.6 is 0 Å². The number of aryl methyl sites for hydroxylation is 2. The van der Waals surface area contributed by atoms with Crippen molar-refractivity contribution in [2.75, 3.05) is 10.5 Å². The fourth-order valence-corrected chi connectivity index (χ4v) is 2.72. The number of benzene rings is 1. The lowest BCUT2D eigenvalue weighted by atomic mass is 10.2. The number of nitrogens with two attached hydrogens (primary N) is 1. The Morgan fingerprint density at radius 1 is 1.32 bits per heavy atom. The molecule has 100 valence electrons. The van der Waals surface area contributed by atoms with Crippen molar-refractivity contribution in [1.29, 1.82) is 0 Å². The lowest BCUT2D eigenvalue weighted by Crippen LogP contribution is -2.07. The predicted molar refractivity (Wildman–Crippen MR) is 79.2 cm³/mol. The summed E-state index contributed by atoms with van der Waals surface area (Å²) in [5.41, 5.74) is 8.55. The minimum Gasteiger partial charge on any atom is -0.384 e. The fraction of sp³-hybridized carbons (Fsp3) is 0.214. The third-order valence-electron chi connectivity index (χ3n) is 2.85. The van der Waals surface area contributed by atoms with Crippen molar-refractivity contribution in [2.24, 2.45) is 0 Å². The van der Waals surface area contributed by atoms with E-state index in [1.54, 1.807) is 12.3 Å². The highest BCUT2D eigenvalue weighted by molar-refractivity contribution is 7.86. The number of nitrogens with zero attached hydrogens (tertiary/aromatic N) is 1. The molecule has 3 N–H and O–H groups in total. The van der Waals surface area contributed by atoms with Crippen molar-refractivity contribution in [3.05, 3.63) is 47.7 Å². The summed E-state index contributed by atoms with van der Waals surface area (Å²) < 4.78 is 15.2. The predicted octanol–water partition coefficient (Wildman–Crippen LogP) is 2.67. The highest BCUT2D eigenvalue weighted by Crippen LogP contribution is 2.17. The molecule has 5 heteroatoms. The van der Waals surface area contributed by atoms with Crippen LogP contribution < -0.4 is 10.5 Å². The summed E-state index contributed by atoms with van der Waals surface area (Å²) in [5.74, 6) is 0.372. The van der Waals surface area contributed by atoms with Crippen molar-refractivity contribution in [2.45, 2.75) is 25.2 Å². The topological polar surface area (TPSA) is 68.0 Å².